The summed E-state index contributed by atoms with van der Waals surface area (Å²) in [7, 11) is 1.33. The Bertz CT molecular complexity index is 804. The van der Waals surface area contributed by atoms with Crippen molar-refractivity contribution in [1.29, 1.82) is 0 Å². The van der Waals surface area contributed by atoms with E-state index in [1.807, 2.05) is 24.3 Å². The van der Waals surface area contributed by atoms with E-state index in [1.54, 1.807) is 13.8 Å². The number of esters is 1. The first-order valence-corrected chi connectivity index (χ1v) is 8.53. The van der Waals surface area contributed by atoms with Crippen molar-refractivity contribution in [2.24, 2.45) is 0 Å². The highest BCUT2D eigenvalue weighted by Gasteiger charge is 2.46. The van der Waals surface area contributed by atoms with Gasteiger partial charge in [0.25, 0.3) is 5.91 Å². The van der Waals surface area contributed by atoms with Gasteiger partial charge in [-0.2, -0.15) is 0 Å². The van der Waals surface area contributed by atoms with Gasteiger partial charge in [-0.3, -0.25) is 4.79 Å². The highest BCUT2D eigenvalue weighted by molar-refractivity contribution is 9.10. The molecule has 0 aliphatic heterocycles. The minimum atomic E-state index is -0.436. The summed E-state index contributed by atoms with van der Waals surface area (Å²) in [5.41, 5.74) is 2.87. The molecule has 1 fully saturated rings. The van der Waals surface area contributed by atoms with Gasteiger partial charge in [-0.1, -0.05) is 28.1 Å². The number of hydrogen-bond acceptors (Lipinski definition) is 3. The lowest BCUT2D eigenvalue weighted by atomic mass is 10.0. The largest absolute Gasteiger partial charge is 0.465 e. The molecule has 2 N–H and O–H groups in total. The van der Waals surface area contributed by atoms with Crippen LogP contribution in [0.25, 0.3) is 0 Å². The minimum Gasteiger partial charge on any atom is -0.465 e. The SMILES string of the molecule is COC(=O)c1c(C)[nH]c(C(=O)NC2(c3ccc(Br)cc3)CC2)c1C. The number of methoxy groups -OCH3 is 1. The van der Waals surface area contributed by atoms with Crippen molar-refractivity contribution in [2.45, 2.75) is 32.2 Å². The number of halogens is 1. The Labute approximate surface area is 148 Å². The van der Waals surface area contributed by atoms with Gasteiger partial charge >= 0.3 is 5.97 Å². The average Bonchev–Trinajstić information content (AvgIpc) is 3.26. The van der Waals surface area contributed by atoms with Crippen molar-refractivity contribution < 1.29 is 14.3 Å². The van der Waals surface area contributed by atoms with E-state index in [9.17, 15) is 9.59 Å². The zero-order chi connectivity index (χ0) is 17.5. The van der Waals surface area contributed by atoms with Crippen LogP contribution in [0.1, 0.15) is 50.5 Å². The second kappa shape index (κ2) is 6.09. The molecule has 0 unspecified atom stereocenters. The molecule has 6 heteroatoms. The highest BCUT2D eigenvalue weighted by atomic mass is 79.9. The first-order valence-electron chi connectivity index (χ1n) is 7.74. The number of aryl methyl sites for hydroxylation is 1. The van der Waals surface area contributed by atoms with Crippen molar-refractivity contribution in [1.82, 2.24) is 10.3 Å². The first kappa shape index (κ1) is 16.8. The van der Waals surface area contributed by atoms with Crippen LogP contribution in [0.4, 0.5) is 0 Å². The van der Waals surface area contributed by atoms with Crippen LogP contribution in [0.3, 0.4) is 0 Å². The molecule has 0 atom stereocenters. The van der Waals surface area contributed by atoms with Crippen molar-refractivity contribution in [2.75, 3.05) is 7.11 Å². The normalized spacial score (nSPS) is 15.0. The molecule has 1 aromatic carbocycles. The van der Waals surface area contributed by atoms with Crippen LogP contribution in [0.15, 0.2) is 28.7 Å². The number of carbonyl (C=O) groups is 2. The molecule has 0 spiro atoms. The number of amides is 1. The van der Waals surface area contributed by atoms with Crippen LogP contribution < -0.4 is 5.32 Å². The molecule has 0 radical (unpaired) electrons. The van der Waals surface area contributed by atoms with Crippen molar-refractivity contribution >= 4 is 27.8 Å². The highest BCUT2D eigenvalue weighted by Crippen LogP contribution is 2.46. The summed E-state index contributed by atoms with van der Waals surface area (Å²) in [5, 5.41) is 3.12. The maximum absolute atomic E-state index is 12.7. The van der Waals surface area contributed by atoms with Gasteiger partial charge < -0.3 is 15.0 Å². The zero-order valence-corrected chi connectivity index (χ0v) is 15.4. The van der Waals surface area contributed by atoms with E-state index in [4.69, 9.17) is 4.74 Å². The third-order valence-electron chi connectivity index (χ3n) is 4.55. The third kappa shape index (κ3) is 2.86. The molecule has 126 valence electrons. The lowest BCUT2D eigenvalue weighted by molar-refractivity contribution is 0.0599. The van der Waals surface area contributed by atoms with Crippen LogP contribution >= 0.6 is 15.9 Å². The Kier molecular flexibility index (Phi) is 4.25. The van der Waals surface area contributed by atoms with Crippen LogP contribution in [-0.2, 0) is 10.3 Å². The van der Waals surface area contributed by atoms with Crippen molar-refractivity contribution in [3.8, 4) is 0 Å². The molecule has 1 saturated carbocycles. The van der Waals surface area contributed by atoms with Gasteiger partial charge in [0.15, 0.2) is 0 Å². The van der Waals surface area contributed by atoms with Gasteiger partial charge in [-0.25, -0.2) is 4.79 Å². The maximum atomic E-state index is 12.7. The predicted octanol–water partition coefficient (Wildman–Crippen LogP) is 3.60. The second-order valence-corrected chi connectivity index (χ2v) is 7.08. The molecule has 1 amide bonds. The number of hydrogen-bond donors (Lipinski definition) is 2. The predicted molar refractivity (Wildman–Crippen MR) is 94.1 cm³/mol. The molecule has 1 aromatic heterocycles. The number of aromatic nitrogens is 1. The quantitative estimate of drug-likeness (QED) is 0.783. The zero-order valence-electron chi connectivity index (χ0n) is 13.8. The van der Waals surface area contributed by atoms with Gasteiger partial charge in [-0.15, -0.1) is 0 Å². The fraction of sp³-hybridized carbons (Fsp3) is 0.333. The third-order valence-corrected chi connectivity index (χ3v) is 5.08. The number of carbonyl (C=O) groups excluding carboxylic acids is 2. The Hall–Kier alpha value is -2.08. The van der Waals surface area contributed by atoms with E-state index in [-0.39, 0.29) is 11.4 Å². The summed E-state index contributed by atoms with van der Waals surface area (Å²) < 4.78 is 5.80. The number of H-pyrrole nitrogens is 1. The molecule has 5 nitrogen and oxygen atoms in total. The molecular weight excluding hydrogens is 372 g/mol. The van der Waals surface area contributed by atoms with Gasteiger partial charge in [0, 0.05) is 10.2 Å². The Morgan fingerprint density at radius 1 is 1.21 bits per heavy atom. The molecule has 1 aliphatic carbocycles. The Morgan fingerprint density at radius 2 is 1.83 bits per heavy atom. The molecule has 1 heterocycles. The van der Waals surface area contributed by atoms with Gasteiger partial charge in [0.05, 0.1) is 18.2 Å². The summed E-state index contributed by atoms with van der Waals surface area (Å²) >= 11 is 3.42. The van der Waals surface area contributed by atoms with E-state index in [0.717, 1.165) is 22.9 Å². The summed E-state index contributed by atoms with van der Waals surface area (Å²) in [4.78, 5) is 27.6. The number of ether oxygens (including phenoxy) is 1. The fourth-order valence-corrected chi connectivity index (χ4v) is 3.31. The van der Waals surface area contributed by atoms with Crippen molar-refractivity contribution in [3.05, 3.63) is 56.8 Å². The lowest BCUT2D eigenvalue weighted by Crippen LogP contribution is -2.35. The van der Waals surface area contributed by atoms with Crippen LogP contribution in [0.5, 0.6) is 0 Å². The Balaban J connectivity index is 1.86. The molecule has 0 saturated heterocycles. The summed E-state index contributed by atoms with van der Waals surface area (Å²) in [5.74, 6) is -0.638. The molecule has 1 aliphatic rings. The van der Waals surface area contributed by atoms with E-state index in [0.29, 0.717) is 22.5 Å². The summed E-state index contributed by atoms with van der Waals surface area (Å²) in [6.07, 6.45) is 1.81. The van der Waals surface area contributed by atoms with Crippen LogP contribution in [-0.4, -0.2) is 24.0 Å². The number of benzene rings is 1. The van der Waals surface area contributed by atoms with E-state index < -0.39 is 5.97 Å². The number of nitrogens with one attached hydrogen (secondary N) is 2. The molecule has 3 rings (SSSR count). The number of rotatable bonds is 4. The minimum absolute atomic E-state index is 0.203. The van der Waals surface area contributed by atoms with Crippen LogP contribution in [0, 0.1) is 13.8 Å². The van der Waals surface area contributed by atoms with Crippen molar-refractivity contribution in [3.63, 3.8) is 0 Å². The second-order valence-electron chi connectivity index (χ2n) is 6.16. The van der Waals surface area contributed by atoms with Gasteiger partial charge in [0.2, 0.25) is 0 Å². The van der Waals surface area contributed by atoms with E-state index in [2.05, 4.69) is 26.2 Å². The standard InChI is InChI=1S/C18H19BrN2O3/c1-10-14(17(23)24-3)11(2)20-15(10)16(22)21-18(8-9-18)12-4-6-13(19)7-5-12/h4-7,20H,8-9H2,1-3H3,(H,21,22). The monoisotopic (exact) mass is 390 g/mol. The smallest absolute Gasteiger partial charge is 0.339 e. The maximum Gasteiger partial charge on any atom is 0.339 e. The summed E-state index contributed by atoms with van der Waals surface area (Å²) in [6, 6.07) is 7.98. The van der Waals surface area contributed by atoms with E-state index >= 15 is 0 Å². The fourth-order valence-electron chi connectivity index (χ4n) is 3.04. The van der Waals surface area contributed by atoms with Gasteiger partial charge in [-0.05, 0) is 49.9 Å². The topological polar surface area (TPSA) is 71.2 Å². The van der Waals surface area contributed by atoms with E-state index in [1.165, 1.54) is 7.11 Å². The first-order chi connectivity index (χ1) is 11.4. The molecule has 2 aromatic rings. The average molecular weight is 391 g/mol. The molecular formula is C18H19BrN2O3. The summed E-state index contributed by atoms with van der Waals surface area (Å²) in [6.45, 7) is 3.52. The Morgan fingerprint density at radius 3 is 2.38 bits per heavy atom. The van der Waals surface area contributed by atoms with Gasteiger partial charge in [0.1, 0.15) is 5.69 Å². The lowest BCUT2D eigenvalue weighted by Gasteiger charge is -2.18. The molecule has 24 heavy (non-hydrogen) atoms. The number of aromatic amines is 1. The molecule has 0 bridgehead atoms. The van der Waals surface area contributed by atoms with Crippen LogP contribution in [0.2, 0.25) is 0 Å².